The highest BCUT2D eigenvalue weighted by molar-refractivity contribution is 7.90. The minimum absolute atomic E-state index is 0.0172. The van der Waals surface area contributed by atoms with Crippen LogP contribution in [-0.2, 0) is 16.8 Å². The van der Waals surface area contributed by atoms with Crippen molar-refractivity contribution in [2.24, 2.45) is 5.73 Å². The molecule has 0 fully saturated rings. The van der Waals surface area contributed by atoms with E-state index in [1.807, 2.05) is 0 Å². The van der Waals surface area contributed by atoms with Gasteiger partial charge < -0.3 is 5.73 Å². The lowest BCUT2D eigenvalue weighted by Crippen LogP contribution is -2.29. The maximum absolute atomic E-state index is 13.1. The molecule has 0 unspecified atom stereocenters. The zero-order valence-corrected chi connectivity index (χ0v) is 9.88. The zero-order chi connectivity index (χ0) is 12.3. The van der Waals surface area contributed by atoms with Gasteiger partial charge in [-0.25, -0.2) is 4.39 Å². The van der Waals surface area contributed by atoms with E-state index >= 15 is 0 Å². The highest BCUT2D eigenvalue weighted by Crippen LogP contribution is 2.15. The summed E-state index contributed by atoms with van der Waals surface area (Å²) < 4.78 is 39.4. The van der Waals surface area contributed by atoms with Crippen molar-refractivity contribution in [3.63, 3.8) is 0 Å². The molecule has 0 aliphatic rings. The maximum Gasteiger partial charge on any atom is 0.301 e. The van der Waals surface area contributed by atoms with Crippen LogP contribution in [0.15, 0.2) is 18.2 Å². The molecule has 1 rings (SSSR count). The topological polar surface area (TPSA) is 75.4 Å². The Morgan fingerprint density at radius 2 is 2.06 bits per heavy atom. The van der Waals surface area contributed by atoms with E-state index in [-0.39, 0.29) is 17.8 Å². The van der Waals surface area contributed by atoms with Gasteiger partial charge in [0.25, 0.3) is 0 Å². The highest BCUT2D eigenvalue weighted by Gasteiger charge is 2.13. The van der Waals surface area contributed by atoms with Gasteiger partial charge in [-0.2, -0.15) is 12.7 Å². The summed E-state index contributed by atoms with van der Waals surface area (Å²) in [6, 6.07) is 3.89. The Morgan fingerprint density at radius 3 is 2.56 bits per heavy atom. The largest absolute Gasteiger partial charge is 0.326 e. The van der Waals surface area contributed by atoms with E-state index in [2.05, 4.69) is 4.72 Å². The molecule has 16 heavy (non-hydrogen) atoms. The summed E-state index contributed by atoms with van der Waals surface area (Å²) in [6.07, 6.45) is 0. The van der Waals surface area contributed by atoms with E-state index in [1.165, 1.54) is 32.3 Å². The second-order valence-electron chi connectivity index (χ2n) is 3.40. The van der Waals surface area contributed by atoms with Gasteiger partial charge in [0.2, 0.25) is 0 Å². The number of nitrogens with two attached hydrogens (primary N) is 1. The number of hydrogen-bond donors (Lipinski definition) is 2. The van der Waals surface area contributed by atoms with Gasteiger partial charge >= 0.3 is 10.2 Å². The fourth-order valence-electron chi connectivity index (χ4n) is 1.03. The van der Waals surface area contributed by atoms with E-state index in [4.69, 9.17) is 5.73 Å². The molecule has 0 aromatic heterocycles. The van der Waals surface area contributed by atoms with Gasteiger partial charge in [0, 0.05) is 26.2 Å². The zero-order valence-electron chi connectivity index (χ0n) is 9.07. The van der Waals surface area contributed by atoms with Crippen molar-refractivity contribution in [2.75, 3.05) is 18.8 Å². The van der Waals surface area contributed by atoms with E-state index in [9.17, 15) is 12.8 Å². The van der Waals surface area contributed by atoms with Crippen LogP contribution in [0.4, 0.5) is 10.1 Å². The van der Waals surface area contributed by atoms with E-state index in [1.54, 1.807) is 0 Å². The maximum atomic E-state index is 13.1. The van der Waals surface area contributed by atoms with Crippen molar-refractivity contribution in [1.29, 1.82) is 0 Å². The smallest absolute Gasteiger partial charge is 0.301 e. The molecule has 0 radical (unpaired) electrons. The number of nitrogens with one attached hydrogen (secondary N) is 1. The van der Waals surface area contributed by atoms with E-state index in [0.29, 0.717) is 0 Å². The average molecular weight is 247 g/mol. The molecular formula is C9H14FN3O2S. The molecule has 0 aliphatic heterocycles. The third kappa shape index (κ3) is 2.91. The number of halogens is 1. The average Bonchev–Trinajstić information content (AvgIpc) is 2.20. The summed E-state index contributed by atoms with van der Waals surface area (Å²) >= 11 is 0. The molecule has 1 aromatic rings. The highest BCUT2D eigenvalue weighted by atomic mass is 32.2. The minimum atomic E-state index is -3.57. The van der Waals surface area contributed by atoms with Gasteiger partial charge in [-0.1, -0.05) is 0 Å². The molecule has 0 aliphatic carbocycles. The van der Waals surface area contributed by atoms with Crippen LogP contribution in [0, 0.1) is 5.82 Å². The molecule has 5 nitrogen and oxygen atoms in total. The number of benzene rings is 1. The Labute approximate surface area is 94.2 Å². The number of rotatable bonds is 4. The van der Waals surface area contributed by atoms with Crippen molar-refractivity contribution in [3.8, 4) is 0 Å². The molecule has 1 aromatic carbocycles. The quantitative estimate of drug-likeness (QED) is 0.813. The fourth-order valence-corrected chi connectivity index (χ4v) is 1.64. The summed E-state index contributed by atoms with van der Waals surface area (Å²) in [5, 5.41) is 0. The monoisotopic (exact) mass is 247 g/mol. The summed E-state index contributed by atoms with van der Waals surface area (Å²) in [4.78, 5) is 0. The first-order valence-corrected chi connectivity index (χ1v) is 5.99. The lowest BCUT2D eigenvalue weighted by molar-refractivity contribution is 0.526. The van der Waals surface area contributed by atoms with Crippen molar-refractivity contribution in [1.82, 2.24) is 4.31 Å². The van der Waals surface area contributed by atoms with Crippen LogP contribution in [0.1, 0.15) is 5.56 Å². The fraction of sp³-hybridized carbons (Fsp3) is 0.333. The van der Waals surface area contributed by atoms with Gasteiger partial charge in [-0.15, -0.1) is 0 Å². The summed E-state index contributed by atoms with van der Waals surface area (Å²) in [5.74, 6) is -0.449. The Balaban J connectivity index is 2.99. The van der Waals surface area contributed by atoms with Gasteiger partial charge in [-0.05, 0) is 18.2 Å². The van der Waals surface area contributed by atoms with Gasteiger partial charge in [-0.3, -0.25) is 4.72 Å². The Bertz CT molecular complexity index is 474. The predicted molar refractivity (Wildman–Crippen MR) is 60.5 cm³/mol. The van der Waals surface area contributed by atoms with Crippen LogP contribution in [0.3, 0.4) is 0 Å². The molecule has 0 saturated carbocycles. The lowest BCUT2D eigenvalue weighted by atomic mass is 10.2. The number of hydrogen-bond acceptors (Lipinski definition) is 3. The van der Waals surface area contributed by atoms with E-state index in [0.717, 1.165) is 4.31 Å². The third-order valence-electron chi connectivity index (χ3n) is 1.99. The second kappa shape index (κ2) is 4.77. The van der Waals surface area contributed by atoms with Gasteiger partial charge in [0.05, 0.1) is 5.69 Å². The minimum Gasteiger partial charge on any atom is -0.326 e. The molecule has 0 heterocycles. The Kier molecular flexibility index (Phi) is 3.84. The SMILES string of the molecule is CN(C)S(=O)(=O)Nc1ccc(F)c(CN)c1. The Morgan fingerprint density at radius 1 is 1.44 bits per heavy atom. The molecular weight excluding hydrogens is 233 g/mol. The lowest BCUT2D eigenvalue weighted by Gasteiger charge is -2.14. The molecule has 0 bridgehead atoms. The summed E-state index contributed by atoms with van der Waals surface area (Å²) in [7, 11) is -0.772. The van der Waals surface area contributed by atoms with Crippen molar-refractivity contribution < 1.29 is 12.8 Å². The molecule has 0 amide bonds. The molecule has 0 spiro atoms. The molecule has 0 saturated heterocycles. The predicted octanol–water partition coefficient (Wildman–Crippen LogP) is 0.503. The molecule has 7 heteroatoms. The van der Waals surface area contributed by atoms with Gasteiger partial charge in [0.1, 0.15) is 5.82 Å². The van der Waals surface area contributed by atoms with Crippen LogP contribution >= 0.6 is 0 Å². The summed E-state index contributed by atoms with van der Waals surface area (Å²) in [5.41, 5.74) is 5.87. The Hall–Kier alpha value is -1.18. The van der Waals surface area contributed by atoms with Crippen LogP contribution in [0.5, 0.6) is 0 Å². The first-order chi connectivity index (χ1) is 7.36. The van der Waals surface area contributed by atoms with Crippen molar-refractivity contribution in [2.45, 2.75) is 6.54 Å². The normalized spacial score (nSPS) is 11.8. The third-order valence-corrected chi connectivity index (χ3v) is 3.45. The first kappa shape index (κ1) is 12.9. The van der Waals surface area contributed by atoms with Crippen LogP contribution < -0.4 is 10.5 Å². The molecule has 90 valence electrons. The van der Waals surface area contributed by atoms with Crippen molar-refractivity contribution >= 4 is 15.9 Å². The number of nitrogens with zero attached hydrogens (tertiary/aromatic N) is 1. The molecule has 0 atom stereocenters. The van der Waals surface area contributed by atoms with Crippen LogP contribution in [0.2, 0.25) is 0 Å². The standard InChI is InChI=1S/C9H14FN3O2S/c1-13(2)16(14,15)12-8-3-4-9(10)7(5-8)6-11/h3-5,12H,6,11H2,1-2H3. The number of anilines is 1. The van der Waals surface area contributed by atoms with Crippen LogP contribution in [0.25, 0.3) is 0 Å². The van der Waals surface area contributed by atoms with Gasteiger partial charge in [0.15, 0.2) is 0 Å². The van der Waals surface area contributed by atoms with Crippen LogP contribution in [-0.4, -0.2) is 26.8 Å². The van der Waals surface area contributed by atoms with E-state index < -0.39 is 16.0 Å². The molecule has 3 N–H and O–H groups in total. The first-order valence-electron chi connectivity index (χ1n) is 4.55. The van der Waals surface area contributed by atoms with Crippen molar-refractivity contribution in [3.05, 3.63) is 29.6 Å². The second-order valence-corrected chi connectivity index (χ2v) is 5.28. The summed E-state index contributed by atoms with van der Waals surface area (Å²) in [6.45, 7) is 0.0172.